The second-order valence-electron chi connectivity index (χ2n) is 7.73. The minimum atomic E-state index is -4.49. The van der Waals surface area contributed by atoms with Gasteiger partial charge in [0.05, 0.1) is 18.2 Å². The highest BCUT2D eigenvalue weighted by Crippen LogP contribution is 2.38. The monoisotopic (exact) mass is 500 g/mol. The highest BCUT2D eigenvalue weighted by Gasteiger charge is 2.40. The van der Waals surface area contributed by atoms with Crippen LogP contribution in [0.2, 0.25) is 5.02 Å². The summed E-state index contributed by atoms with van der Waals surface area (Å²) in [5.74, 6) is 1.39. The Balaban J connectivity index is 1.70. The van der Waals surface area contributed by atoms with Crippen molar-refractivity contribution in [3.8, 4) is 11.5 Å². The van der Waals surface area contributed by atoms with Gasteiger partial charge in [0.25, 0.3) is 5.96 Å². The molecule has 0 unspecified atom stereocenters. The summed E-state index contributed by atoms with van der Waals surface area (Å²) in [5, 5.41) is 14.0. The van der Waals surface area contributed by atoms with Gasteiger partial charge in [0, 0.05) is 23.8 Å². The average Bonchev–Trinajstić information content (AvgIpc) is 3.19. The van der Waals surface area contributed by atoms with Crippen LogP contribution in [0.4, 0.5) is 18.9 Å². The number of halogens is 4. The first-order chi connectivity index (χ1) is 16.8. The van der Waals surface area contributed by atoms with E-state index in [0.717, 1.165) is 12.1 Å². The molecule has 1 fully saturated rings. The number of ether oxygens (including phenoxy) is 1. The van der Waals surface area contributed by atoms with Gasteiger partial charge in [-0.1, -0.05) is 23.7 Å². The Hall–Kier alpha value is -3.74. The summed E-state index contributed by atoms with van der Waals surface area (Å²) < 4.78 is 45.9. The zero-order valence-electron chi connectivity index (χ0n) is 18.3. The van der Waals surface area contributed by atoms with Crippen LogP contribution in [0.5, 0.6) is 11.5 Å². The lowest BCUT2D eigenvalue weighted by molar-refractivity contribution is -0.137. The number of guanidine groups is 1. The van der Waals surface area contributed by atoms with Gasteiger partial charge in [-0.05, 0) is 66.2 Å². The molecule has 180 valence electrons. The predicted octanol–water partition coefficient (Wildman–Crippen LogP) is 6.20. The molecule has 4 rings (SSSR count). The second-order valence-corrected chi connectivity index (χ2v) is 8.16. The zero-order valence-corrected chi connectivity index (χ0v) is 19.0. The molecule has 0 amide bonds. The lowest BCUT2D eigenvalue weighted by Gasteiger charge is -2.25. The number of nitrogens with zero attached hydrogens (tertiary/aromatic N) is 4. The van der Waals surface area contributed by atoms with Crippen molar-refractivity contribution in [2.24, 2.45) is 5.10 Å². The smallest absolute Gasteiger partial charge is 0.416 e. The van der Waals surface area contributed by atoms with Crippen molar-refractivity contribution in [2.75, 3.05) is 24.6 Å². The number of benzene rings is 3. The zero-order chi connectivity index (χ0) is 25.0. The third-order valence-electron chi connectivity index (χ3n) is 5.48. The first-order valence-corrected chi connectivity index (χ1v) is 11.0. The maximum atomic E-state index is 13.4. The van der Waals surface area contributed by atoms with E-state index in [1.807, 2.05) is 0 Å². The van der Waals surface area contributed by atoms with Gasteiger partial charge in [0.15, 0.2) is 0 Å². The van der Waals surface area contributed by atoms with Crippen LogP contribution in [0.1, 0.15) is 17.2 Å². The first-order valence-electron chi connectivity index (χ1n) is 10.6. The van der Waals surface area contributed by atoms with Gasteiger partial charge in [-0.3, -0.25) is 4.90 Å². The molecular weight excluding hydrogens is 481 g/mol. The second kappa shape index (κ2) is 10.3. The Labute approximate surface area is 205 Å². The average molecular weight is 501 g/mol. The van der Waals surface area contributed by atoms with E-state index in [1.165, 1.54) is 6.07 Å². The van der Waals surface area contributed by atoms with Gasteiger partial charge in [-0.2, -0.15) is 19.7 Å². The summed E-state index contributed by atoms with van der Waals surface area (Å²) in [6, 6.07) is 18.3. The maximum absolute atomic E-state index is 13.4. The molecule has 6 nitrogen and oxygen atoms in total. The Bertz CT molecular complexity index is 1240. The van der Waals surface area contributed by atoms with Crippen molar-refractivity contribution in [3.05, 3.63) is 100 Å². The fourth-order valence-corrected chi connectivity index (χ4v) is 4.04. The summed E-state index contributed by atoms with van der Waals surface area (Å²) in [6.45, 7) is 7.47. The van der Waals surface area contributed by atoms with Crippen molar-refractivity contribution in [3.63, 3.8) is 0 Å². The molecule has 35 heavy (non-hydrogen) atoms. The maximum Gasteiger partial charge on any atom is 0.416 e. The van der Waals surface area contributed by atoms with Gasteiger partial charge in [0.1, 0.15) is 16.6 Å². The van der Waals surface area contributed by atoms with E-state index in [0.29, 0.717) is 27.8 Å². The van der Waals surface area contributed by atoms with E-state index in [2.05, 4.69) is 10.1 Å². The molecule has 1 saturated heterocycles. The molecule has 0 radical (unpaired) electrons. The normalized spacial score (nSPS) is 17.0. The lowest BCUT2D eigenvalue weighted by Crippen LogP contribution is -2.35. The lowest BCUT2D eigenvalue weighted by atomic mass is 10.0. The highest BCUT2D eigenvalue weighted by atomic mass is 35.5. The summed E-state index contributed by atoms with van der Waals surface area (Å²) in [4.78, 5) is 6.53. The number of alkyl halides is 3. The Morgan fingerprint density at radius 2 is 1.71 bits per heavy atom. The molecule has 0 saturated carbocycles. The van der Waals surface area contributed by atoms with Crippen LogP contribution < -0.4 is 9.64 Å². The van der Waals surface area contributed by atoms with Crippen molar-refractivity contribution in [2.45, 2.75) is 12.2 Å². The van der Waals surface area contributed by atoms with Crippen LogP contribution in [-0.2, 0) is 6.18 Å². The molecule has 1 atom stereocenters. The largest absolute Gasteiger partial charge is 0.457 e. The standard InChI is InChI=1S/C25H20ClF3N4O2/c1-30-31-24-32(13-14-34)16-23(17-3-2-4-18(15-17)25(27,28)29)33(24)20-7-11-22(12-8-20)35-21-9-5-19(26)6-10-21/h2-12,15,23,34H,13-14,16H2/b31-24-/t23-/m1/s1. The van der Waals surface area contributed by atoms with E-state index in [-0.39, 0.29) is 25.7 Å². The van der Waals surface area contributed by atoms with E-state index in [4.69, 9.17) is 22.9 Å². The van der Waals surface area contributed by atoms with Gasteiger partial charge >= 0.3 is 6.18 Å². The molecule has 0 aromatic heterocycles. The highest BCUT2D eigenvalue weighted by molar-refractivity contribution is 6.30. The minimum Gasteiger partial charge on any atom is -0.457 e. The number of hydrogen-bond acceptors (Lipinski definition) is 3. The number of rotatable bonds is 6. The number of hydrogen-bond donors (Lipinski definition) is 1. The Morgan fingerprint density at radius 3 is 2.31 bits per heavy atom. The summed E-state index contributed by atoms with van der Waals surface area (Å²) in [7, 11) is 0. The van der Waals surface area contributed by atoms with Gasteiger partial charge in [-0.25, -0.2) is 0 Å². The van der Waals surface area contributed by atoms with Crippen molar-refractivity contribution in [1.29, 1.82) is 0 Å². The molecule has 3 aromatic carbocycles. The number of anilines is 1. The van der Waals surface area contributed by atoms with Crippen LogP contribution in [0.25, 0.3) is 4.95 Å². The third-order valence-corrected chi connectivity index (χ3v) is 5.73. The Morgan fingerprint density at radius 1 is 1.06 bits per heavy atom. The quantitative estimate of drug-likeness (QED) is 0.323. The van der Waals surface area contributed by atoms with Gasteiger partial charge in [0.2, 0.25) is 0 Å². The predicted molar refractivity (Wildman–Crippen MR) is 127 cm³/mol. The van der Waals surface area contributed by atoms with Crippen LogP contribution in [0, 0.1) is 6.57 Å². The fourth-order valence-electron chi connectivity index (χ4n) is 3.92. The topological polar surface area (TPSA) is 52.7 Å². The molecule has 0 bridgehead atoms. The van der Waals surface area contributed by atoms with Crippen molar-refractivity contribution >= 4 is 23.2 Å². The molecule has 10 heteroatoms. The number of aliphatic hydroxyl groups excluding tert-OH is 1. The molecule has 1 aliphatic rings. The summed E-state index contributed by atoms with van der Waals surface area (Å²) >= 11 is 5.91. The van der Waals surface area contributed by atoms with Crippen LogP contribution >= 0.6 is 11.6 Å². The summed E-state index contributed by atoms with van der Waals surface area (Å²) in [5.41, 5.74) is 0.268. The molecule has 1 aliphatic heterocycles. The van der Waals surface area contributed by atoms with Crippen LogP contribution in [0.15, 0.2) is 77.9 Å². The molecule has 3 aromatic rings. The fraction of sp³-hybridized carbons (Fsp3) is 0.200. The molecule has 1 N–H and O–H groups in total. The summed E-state index contributed by atoms with van der Waals surface area (Å²) in [6.07, 6.45) is -4.49. The molecular formula is C25H20ClF3N4O2. The van der Waals surface area contributed by atoms with Gasteiger partial charge in [-0.15, -0.1) is 4.95 Å². The van der Waals surface area contributed by atoms with Crippen LogP contribution in [0.3, 0.4) is 0 Å². The first kappa shape index (κ1) is 24.4. The number of β-amino-alcohol motifs (C(OH)–C–C–N with tert-alkyl or cyclic N) is 1. The minimum absolute atomic E-state index is 0.179. The number of aliphatic hydroxyl groups is 1. The van der Waals surface area contributed by atoms with E-state index in [1.54, 1.807) is 64.4 Å². The molecule has 0 aliphatic carbocycles. The van der Waals surface area contributed by atoms with Gasteiger partial charge < -0.3 is 14.7 Å². The van der Waals surface area contributed by atoms with E-state index < -0.39 is 17.8 Å². The van der Waals surface area contributed by atoms with E-state index >= 15 is 0 Å². The Kier molecular flexibility index (Phi) is 7.15. The molecule has 0 spiro atoms. The van der Waals surface area contributed by atoms with Crippen molar-refractivity contribution in [1.82, 2.24) is 4.90 Å². The van der Waals surface area contributed by atoms with Crippen molar-refractivity contribution < 1.29 is 23.0 Å². The van der Waals surface area contributed by atoms with Crippen LogP contribution in [-0.4, -0.2) is 35.7 Å². The van der Waals surface area contributed by atoms with E-state index in [9.17, 15) is 18.3 Å². The third kappa shape index (κ3) is 5.50. The SMILES string of the molecule is [C-]#[N+]/N=C1/N(CCO)C[C@H](c2cccc(C(F)(F)F)c2)N1c1ccc(Oc2ccc(Cl)cc2)cc1. The molecule has 1 heterocycles.